The molecule has 1 heterocycles. The standard InChI is InChI=1S/C23H25ClFN3O3S/c1-3-17-6-5-11-26-23(17)15-27-22-10-9-20(13-21(22)25)32(29,30)28-14-16(2)31-19-8-4-7-18(24)12-19/h4-13,16,27-28H,3,14-15H2,1-2H3. The highest BCUT2D eigenvalue weighted by atomic mass is 35.5. The van der Waals surface area contributed by atoms with Gasteiger partial charge in [-0.25, -0.2) is 17.5 Å². The largest absolute Gasteiger partial charge is 0.489 e. The van der Waals surface area contributed by atoms with Gasteiger partial charge in [-0.2, -0.15) is 0 Å². The Balaban J connectivity index is 1.61. The van der Waals surface area contributed by atoms with Crippen LogP contribution in [0.4, 0.5) is 10.1 Å². The summed E-state index contributed by atoms with van der Waals surface area (Å²) in [5, 5.41) is 3.50. The number of pyridine rings is 1. The third kappa shape index (κ3) is 6.41. The molecule has 0 amide bonds. The molecule has 2 N–H and O–H groups in total. The number of aryl methyl sites for hydroxylation is 1. The van der Waals surface area contributed by atoms with Gasteiger partial charge in [-0.05, 0) is 61.4 Å². The number of nitrogens with one attached hydrogen (secondary N) is 2. The molecule has 3 aromatic rings. The maximum atomic E-state index is 14.6. The third-order valence-corrected chi connectivity index (χ3v) is 6.41. The third-order valence-electron chi connectivity index (χ3n) is 4.76. The van der Waals surface area contributed by atoms with Crippen molar-refractivity contribution < 1.29 is 17.5 Å². The van der Waals surface area contributed by atoms with Crippen molar-refractivity contribution in [3.63, 3.8) is 0 Å². The van der Waals surface area contributed by atoms with Gasteiger partial charge in [0.15, 0.2) is 0 Å². The van der Waals surface area contributed by atoms with Crippen molar-refractivity contribution in [2.45, 2.75) is 37.8 Å². The number of anilines is 1. The maximum absolute atomic E-state index is 14.6. The molecule has 2 aromatic carbocycles. The van der Waals surface area contributed by atoms with Crippen LogP contribution in [0.15, 0.2) is 65.7 Å². The lowest BCUT2D eigenvalue weighted by Gasteiger charge is -2.16. The van der Waals surface area contributed by atoms with Crippen LogP contribution in [0.5, 0.6) is 5.75 Å². The summed E-state index contributed by atoms with van der Waals surface area (Å²) in [5.74, 6) is -0.130. The fourth-order valence-electron chi connectivity index (χ4n) is 3.06. The Morgan fingerprint density at radius 1 is 1.16 bits per heavy atom. The second kappa shape index (κ2) is 10.8. The van der Waals surface area contributed by atoms with Crippen LogP contribution in [-0.2, 0) is 23.0 Å². The molecule has 3 rings (SSSR count). The Kier molecular flexibility index (Phi) is 8.06. The molecule has 0 fully saturated rings. The van der Waals surface area contributed by atoms with Gasteiger partial charge in [-0.15, -0.1) is 0 Å². The van der Waals surface area contributed by atoms with E-state index in [1.165, 1.54) is 12.1 Å². The summed E-state index contributed by atoms with van der Waals surface area (Å²) in [6.45, 7) is 4.09. The van der Waals surface area contributed by atoms with Gasteiger partial charge >= 0.3 is 0 Å². The van der Waals surface area contributed by atoms with E-state index in [1.807, 2.05) is 19.1 Å². The van der Waals surface area contributed by atoms with Gasteiger partial charge in [0.2, 0.25) is 10.0 Å². The number of hydrogen-bond acceptors (Lipinski definition) is 5. The van der Waals surface area contributed by atoms with E-state index in [9.17, 15) is 12.8 Å². The molecule has 0 saturated carbocycles. The summed E-state index contributed by atoms with van der Waals surface area (Å²) in [6.07, 6.45) is 2.04. The zero-order valence-electron chi connectivity index (χ0n) is 17.8. The van der Waals surface area contributed by atoms with Crippen LogP contribution in [0, 0.1) is 5.82 Å². The molecule has 9 heteroatoms. The maximum Gasteiger partial charge on any atom is 0.240 e. The van der Waals surface area contributed by atoms with Gasteiger partial charge < -0.3 is 10.1 Å². The van der Waals surface area contributed by atoms with Crippen molar-refractivity contribution in [1.82, 2.24) is 9.71 Å². The molecule has 0 spiro atoms. The Hall–Kier alpha value is -2.68. The normalized spacial score (nSPS) is 12.4. The van der Waals surface area contributed by atoms with Crippen molar-refractivity contribution >= 4 is 27.3 Å². The molecular formula is C23H25ClFN3O3S. The first kappa shape index (κ1) is 24.0. The fourth-order valence-corrected chi connectivity index (χ4v) is 4.37. The van der Waals surface area contributed by atoms with E-state index in [4.69, 9.17) is 16.3 Å². The molecule has 1 unspecified atom stereocenters. The molecule has 0 radical (unpaired) electrons. The Morgan fingerprint density at radius 2 is 1.97 bits per heavy atom. The zero-order chi connectivity index (χ0) is 23.1. The van der Waals surface area contributed by atoms with E-state index in [0.29, 0.717) is 17.3 Å². The molecule has 32 heavy (non-hydrogen) atoms. The summed E-state index contributed by atoms with van der Waals surface area (Å²) in [5.41, 5.74) is 2.09. The lowest BCUT2D eigenvalue weighted by atomic mass is 10.1. The first-order valence-electron chi connectivity index (χ1n) is 10.2. The SMILES string of the molecule is CCc1cccnc1CNc1ccc(S(=O)(=O)NCC(C)Oc2cccc(Cl)c2)cc1F. The highest BCUT2D eigenvalue weighted by molar-refractivity contribution is 7.89. The first-order chi connectivity index (χ1) is 15.3. The topological polar surface area (TPSA) is 80.3 Å². The predicted molar refractivity (Wildman–Crippen MR) is 124 cm³/mol. The van der Waals surface area contributed by atoms with E-state index in [-0.39, 0.29) is 17.1 Å². The number of halogens is 2. The quantitative estimate of drug-likeness (QED) is 0.438. The molecule has 170 valence electrons. The van der Waals surface area contributed by atoms with Crippen LogP contribution in [0.1, 0.15) is 25.1 Å². The van der Waals surface area contributed by atoms with E-state index in [0.717, 1.165) is 23.7 Å². The molecule has 0 saturated heterocycles. The predicted octanol–water partition coefficient (Wildman–Crippen LogP) is 4.79. The average Bonchev–Trinajstić information content (AvgIpc) is 2.77. The molecule has 0 aliphatic rings. The van der Waals surface area contributed by atoms with Gasteiger partial charge in [-0.3, -0.25) is 4.98 Å². The number of hydrogen-bond donors (Lipinski definition) is 2. The molecule has 6 nitrogen and oxygen atoms in total. The number of rotatable bonds is 10. The summed E-state index contributed by atoms with van der Waals surface area (Å²) in [6, 6.07) is 14.4. The number of sulfonamides is 1. The number of ether oxygens (including phenoxy) is 1. The smallest absolute Gasteiger partial charge is 0.240 e. The van der Waals surface area contributed by atoms with E-state index in [1.54, 1.807) is 37.4 Å². The lowest BCUT2D eigenvalue weighted by molar-refractivity contribution is 0.225. The van der Waals surface area contributed by atoms with E-state index in [2.05, 4.69) is 15.0 Å². The van der Waals surface area contributed by atoms with E-state index < -0.39 is 21.9 Å². The van der Waals surface area contributed by atoms with Gasteiger partial charge in [0.05, 0.1) is 22.8 Å². The Morgan fingerprint density at radius 3 is 2.69 bits per heavy atom. The van der Waals surface area contributed by atoms with Crippen LogP contribution >= 0.6 is 11.6 Å². The zero-order valence-corrected chi connectivity index (χ0v) is 19.4. The minimum atomic E-state index is -3.91. The monoisotopic (exact) mass is 477 g/mol. The molecule has 0 aliphatic carbocycles. The lowest BCUT2D eigenvalue weighted by Crippen LogP contribution is -2.33. The van der Waals surface area contributed by atoms with Gasteiger partial charge in [0.1, 0.15) is 17.7 Å². The summed E-state index contributed by atoms with van der Waals surface area (Å²) < 4.78 is 47.9. The minimum absolute atomic E-state index is 0.00986. The number of aromatic nitrogens is 1. The Labute approximate surface area is 192 Å². The highest BCUT2D eigenvalue weighted by Crippen LogP contribution is 2.21. The van der Waals surface area contributed by atoms with Crippen LogP contribution < -0.4 is 14.8 Å². The summed E-state index contributed by atoms with van der Waals surface area (Å²) >= 11 is 5.92. The number of benzene rings is 2. The van der Waals surface area contributed by atoms with Crippen LogP contribution in [0.2, 0.25) is 5.02 Å². The van der Waals surface area contributed by atoms with Crippen molar-refractivity contribution in [2.24, 2.45) is 0 Å². The van der Waals surface area contributed by atoms with Crippen molar-refractivity contribution in [1.29, 1.82) is 0 Å². The van der Waals surface area contributed by atoms with Gasteiger partial charge in [-0.1, -0.05) is 30.7 Å². The van der Waals surface area contributed by atoms with Crippen molar-refractivity contribution in [2.75, 3.05) is 11.9 Å². The number of nitrogens with zero attached hydrogens (tertiary/aromatic N) is 1. The van der Waals surface area contributed by atoms with Crippen LogP contribution in [0.25, 0.3) is 0 Å². The van der Waals surface area contributed by atoms with Crippen molar-refractivity contribution in [3.8, 4) is 5.75 Å². The molecule has 1 atom stereocenters. The highest BCUT2D eigenvalue weighted by Gasteiger charge is 2.18. The average molecular weight is 478 g/mol. The minimum Gasteiger partial charge on any atom is -0.489 e. The van der Waals surface area contributed by atoms with Gasteiger partial charge in [0, 0.05) is 17.8 Å². The molecule has 0 bridgehead atoms. The summed E-state index contributed by atoms with van der Waals surface area (Å²) in [7, 11) is -3.91. The van der Waals surface area contributed by atoms with Crippen LogP contribution in [-0.4, -0.2) is 26.1 Å². The molecule has 0 aliphatic heterocycles. The van der Waals surface area contributed by atoms with Gasteiger partial charge in [0.25, 0.3) is 0 Å². The molecule has 1 aromatic heterocycles. The molecular weight excluding hydrogens is 453 g/mol. The Bertz CT molecular complexity index is 1170. The second-order valence-electron chi connectivity index (χ2n) is 7.20. The second-order valence-corrected chi connectivity index (χ2v) is 9.40. The fraction of sp³-hybridized carbons (Fsp3) is 0.261. The summed E-state index contributed by atoms with van der Waals surface area (Å²) in [4.78, 5) is 4.15. The van der Waals surface area contributed by atoms with Crippen molar-refractivity contribution in [3.05, 3.63) is 82.9 Å². The van der Waals surface area contributed by atoms with Crippen LogP contribution in [0.3, 0.4) is 0 Å². The van der Waals surface area contributed by atoms with E-state index >= 15 is 0 Å². The first-order valence-corrected chi connectivity index (χ1v) is 12.0.